The van der Waals surface area contributed by atoms with Crippen molar-refractivity contribution in [3.8, 4) is 0 Å². The van der Waals surface area contributed by atoms with E-state index in [1.165, 1.54) is 0 Å². The Kier molecular flexibility index (Phi) is 6.98. The van der Waals surface area contributed by atoms with Crippen LogP contribution in [0.1, 0.15) is 20.8 Å². The fourth-order valence-electron chi connectivity index (χ4n) is 0.910. The van der Waals surface area contributed by atoms with E-state index in [9.17, 15) is 0 Å². The summed E-state index contributed by atoms with van der Waals surface area (Å²) in [6.07, 6.45) is 0. The topological polar surface area (TPSA) is 20.0 Å². The van der Waals surface area contributed by atoms with Gasteiger partial charge < -0.3 is 0 Å². The molecule has 2 nitrogen and oxygen atoms in total. The summed E-state index contributed by atoms with van der Waals surface area (Å²) in [7, 11) is 0. The van der Waals surface area contributed by atoms with E-state index in [1.807, 2.05) is 0 Å². The number of hydrogen-bond acceptors (Lipinski definition) is 1. The Balaban J connectivity index is 3.09. The van der Waals surface area contributed by atoms with Crippen LogP contribution in [-0.2, 0) is 0 Å². The highest BCUT2D eigenvalue weighted by molar-refractivity contribution is 4.59. The lowest BCUT2D eigenvalue weighted by Crippen LogP contribution is -2.34. The zero-order chi connectivity index (χ0) is 7.82. The molecule has 10 heavy (non-hydrogen) atoms. The van der Waals surface area contributed by atoms with Gasteiger partial charge in [0.15, 0.2) is 0 Å². The molecule has 0 unspecified atom stereocenters. The van der Waals surface area contributed by atoms with Crippen LogP contribution in [0.3, 0.4) is 0 Å². The molecule has 0 N–H and O–H groups in total. The van der Waals surface area contributed by atoms with Gasteiger partial charge in [0.25, 0.3) is 0 Å². The Labute approximate surface area is 64.6 Å². The van der Waals surface area contributed by atoms with Crippen molar-refractivity contribution < 1.29 is 0 Å². The van der Waals surface area contributed by atoms with E-state index in [0.29, 0.717) is 0 Å². The molecule has 0 fully saturated rings. The molecule has 2 radical (unpaired) electrons. The largest absolute Gasteiger partial charge is 0.236 e. The Morgan fingerprint density at radius 2 is 1.70 bits per heavy atom. The molecule has 2 heteroatoms. The summed E-state index contributed by atoms with van der Waals surface area (Å²) in [5.41, 5.74) is 0. The summed E-state index contributed by atoms with van der Waals surface area (Å²) >= 11 is 0. The second-order valence-corrected chi connectivity index (χ2v) is 2.29. The van der Waals surface area contributed by atoms with Crippen LogP contribution in [0.4, 0.5) is 0 Å². The predicted octanol–water partition coefficient (Wildman–Crippen LogP) is 0.791. The van der Waals surface area contributed by atoms with Crippen molar-refractivity contribution in [3.63, 3.8) is 0 Å². The van der Waals surface area contributed by atoms with Crippen molar-refractivity contribution >= 4 is 0 Å². The minimum atomic E-state index is 0.960. The average molecular weight is 143 g/mol. The predicted molar refractivity (Wildman–Crippen MR) is 45.6 cm³/mol. The number of nitrogens with zero attached hydrogens (tertiary/aromatic N) is 2. The van der Waals surface area contributed by atoms with Crippen LogP contribution in [0.2, 0.25) is 0 Å². The van der Waals surface area contributed by atoms with Gasteiger partial charge in [0.1, 0.15) is 19.6 Å². The van der Waals surface area contributed by atoms with Crippen LogP contribution in [0, 0.1) is 0 Å². The molecular weight excluding hydrogens is 124 g/mol. The van der Waals surface area contributed by atoms with E-state index in [0.717, 1.165) is 32.7 Å². The lowest BCUT2D eigenvalue weighted by Gasteiger charge is -2.06. The first-order valence-electron chi connectivity index (χ1n) is 4.20. The molecule has 0 saturated carbocycles. The molecule has 0 aromatic rings. The highest BCUT2D eigenvalue weighted by atomic mass is 15.1. The SMILES string of the molecule is CC[N]CC[N+](CC)CC. The van der Waals surface area contributed by atoms with E-state index in [-0.39, 0.29) is 0 Å². The molecule has 60 valence electrons. The lowest BCUT2D eigenvalue weighted by molar-refractivity contribution is 0.434. The van der Waals surface area contributed by atoms with Crippen LogP contribution in [0.15, 0.2) is 0 Å². The highest BCUT2D eigenvalue weighted by Gasteiger charge is 2.06. The molecule has 0 saturated heterocycles. The zero-order valence-electron chi connectivity index (χ0n) is 7.43. The van der Waals surface area contributed by atoms with Crippen molar-refractivity contribution in [1.29, 1.82) is 0 Å². The van der Waals surface area contributed by atoms with Crippen LogP contribution in [-0.4, -0.2) is 32.7 Å². The summed E-state index contributed by atoms with van der Waals surface area (Å²) < 4.78 is 0. The van der Waals surface area contributed by atoms with Gasteiger partial charge in [-0.25, -0.2) is 5.32 Å². The van der Waals surface area contributed by atoms with E-state index in [2.05, 4.69) is 31.0 Å². The van der Waals surface area contributed by atoms with Gasteiger partial charge in [-0.2, -0.15) is 4.90 Å². The average Bonchev–Trinajstić information content (AvgIpc) is 1.99. The van der Waals surface area contributed by atoms with Gasteiger partial charge in [-0.15, -0.1) is 0 Å². The summed E-state index contributed by atoms with van der Waals surface area (Å²) in [5.74, 6) is 0. The van der Waals surface area contributed by atoms with Crippen LogP contribution >= 0.6 is 0 Å². The monoisotopic (exact) mass is 143 g/mol. The molecule has 0 aromatic heterocycles. The molecule has 0 bridgehead atoms. The maximum atomic E-state index is 4.27. The van der Waals surface area contributed by atoms with Crippen molar-refractivity contribution in [2.75, 3.05) is 32.7 Å². The van der Waals surface area contributed by atoms with Crippen molar-refractivity contribution in [2.24, 2.45) is 0 Å². The third-order valence-electron chi connectivity index (χ3n) is 1.69. The molecule has 0 aliphatic rings. The summed E-state index contributed by atoms with van der Waals surface area (Å²) in [6, 6.07) is 0. The molecule has 0 aliphatic carbocycles. The normalized spacial score (nSPS) is 10.8. The van der Waals surface area contributed by atoms with Crippen LogP contribution in [0.5, 0.6) is 0 Å². The van der Waals surface area contributed by atoms with Gasteiger partial charge in [-0.1, -0.05) is 6.92 Å². The van der Waals surface area contributed by atoms with Gasteiger partial charge in [0, 0.05) is 6.54 Å². The van der Waals surface area contributed by atoms with Gasteiger partial charge in [-0.3, -0.25) is 0 Å². The van der Waals surface area contributed by atoms with Crippen LogP contribution < -0.4 is 10.2 Å². The Bertz CT molecular complexity index is 60.3. The van der Waals surface area contributed by atoms with E-state index < -0.39 is 0 Å². The number of rotatable bonds is 6. The quantitative estimate of drug-likeness (QED) is 0.387. The summed E-state index contributed by atoms with van der Waals surface area (Å²) in [4.78, 5) is 2.39. The fraction of sp³-hybridized carbons (Fsp3) is 1.00. The van der Waals surface area contributed by atoms with Crippen LogP contribution in [0.25, 0.3) is 0 Å². The second kappa shape index (κ2) is 7.03. The minimum absolute atomic E-state index is 0.960. The molecule has 0 rings (SSSR count). The summed E-state index contributed by atoms with van der Waals surface area (Å²) in [5, 5.41) is 4.27. The Morgan fingerprint density at radius 3 is 2.10 bits per heavy atom. The maximum Gasteiger partial charge on any atom is 0.136 e. The number of hydrogen-bond donors (Lipinski definition) is 0. The molecular formula is C8H19N2+. The molecule has 0 spiro atoms. The van der Waals surface area contributed by atoms with Crippen molar-refractivity contribution in [2.45, 2.75) is 20.8 Å². The van der Waals surface area contributed by atoms with Gasteiger partial charge in [-0.05, 0) is 13.8 Å². The van der Waals surface area contributed by atoms with Gasteiger partial charge >= 0.3 is 0 Å². The van der Waals surface area contributed by atoms with E-state index in [4.69, 9.17) is 0 Å². The maximum absolute atomic E-state index is 4.27. The Hall–Kier alpha value is -0.0800. The highest BCUT2D eigenvalue weighted by Crippen LogP contribution is 1.79. The zero-order valence-corrected chi connectivity index (χ0v) is 7.43. The molecule has 0 aliphatic heterocycles. The first kappa shape index (κ1) is 9.92. The van der Waals surface area contributed by atoms with E-state index >= 15 is 0 Å². The standard InChI is InChI=1S/C8H19N2/c1-4-9-7-8-10(5-2)6-3/h4-8H2,1-3H3/q+1. The summed E-state index contributed by atoms with van der Waals surface area (Å²) in [6.45, 7) is 11.8. The fourth-order valence-corrected chi connectivity index (χ4v) is 0.910. The molecule has 0 amide bonds. The van der Waals surface area contributed by atoms with E-state index in [1.54, 1.807) is 0 Å². The van der Waals surface area contributed by atoms with Gasteiger partial charge in [0.2, 0.25) is 0 Å². The minimum Gasteiger partial charge on any atom is -0.236 e. The molecule has 0 atom stereocenters. The third-order valence-corrected chi connectivity index (χ3v) is 1.69. The lowest BCUT2D eigenvalue weighted by atomic mass is 10.4. The number of likely N-dealkylation sites (N-methyl/N-ethyl adjacent to an activating group) is 2. The van der Waals surface area contributed by atoms with Crippen molar-refractivity contribution in [3.05, 3.63) is 0 Å². The Morgan fingerprint density at radius 1 is 1.10 bits per heavy atom. The first-order valence-corrected chi connectivity index (χ1v) is 4.20. The molecule has 0 heterocycles. The first-order chi connectivity index (χ1) is 4.85. The third kappa shape index (κ3) is 4.77. The second-order valence-electron chi connectivity index (χ2n) is 2.29. The van der Waals surface area contributed by atoms with Gasteiger partial charge in [0.05, 0.1) is 6.54 Å². The smallest absolute Gasteiger partial charge is 0.136 e. The van der Waals surface area contributed by atoms with Crippen molar-refractivity contribution in [1.82, 2.24) is 10.2 Å². The molecule has 0 aromatic carbocycles.